The number of carboxylic acids is 2. The van der Waals surface area contributed by atoms with Crippen LogP contribution in [0.4, 0.5) is 20.2 Å². The Kier molecular flexibility index (Phi) is 7.17. The molecule has 0 aliphatic rings. The van der Waals surface area contributed by atoms with Gasteiger partial charge in [-0.15, -0.1) is 0 Å². The van der Waals surface area contributed by atoms with Gasteiger partial charge in [-0.25, -0.2) is 35.2 Å². The molecule has 0 aromatic heterocycles. The van der Waals surface area contributed by atoms with Crippen LogP contribution in [0, 0.1) is 11.6 Å². The number of hydrogen-bond donors (Lipinski definition) is 4. The number of hydrogen-bond acceptors (Lipinski definition) is 7. The molecule has 0 aliphatic carbocycles. The second-order valence-corrected chi connectivity index (χ2v) is 10.3. The van der Waals surface area contributed by atoms with Crippen LogP contribution in [0.1, 0.15) is 20.7 Å². The molecule has 11 nitrogen and oxygen atoms in total. The first-order valence-electron chi connectivity index (χ1n) is 9.56. The quantitative estimate of drug-likeness (QED) is 0.317. The number of rotatable bonds is 9. The zero-order chi connectivity index (χ0) is 26.8. The SMILES string of the molecule is COc1cc(S(=O)(=O)Nc2c(F)cccc2C(=O)O)ccc1S(=O)(=O)Nc1c(F)cccc1C(=O)O. The first-order chi connectivity index (χ1) is 16.8. The molecule has 4 N–H and O–H groups in total. The molecule has 3 aromatic carbocycles. The predicted molar refractivity (Wildman–Crippen MR) is 121 cm³/mol. The molecule has 0 atom stereocenters. The molecule has 3 rings (SSSR count). The molecule has 0 unspecified atom stereocenters. The molecular weight excluding hydrogens is 526 g/mol. The van der Waals surface area contributed by atoms with Crippen molar-refractivity contribution in [1.29, 1.82) is 0 Å². The highest BCUT2D eigenvalue weighted by molar-refractivity contribution is 7.93. The lowest BCUT2D eigenvalue weighted by atomic mass is 10.2. The fraction of sp³-hybridized carbons (Fsp3) is 0.0476. The van der Waals surface area contributed by atoms with Crippen molar-refractivity contribution in [3.63, 3.8) is 0 Å². The normalized spacial score (nSPS) is 11.5. The summed E-state index contributed by atoms with van der Waals surface area (Å²) in [5.74, 6) is -6.12. The summed E-state index contributed by atoms with van der Waals surface area (Å²) in [5, 5.41) is 18.4. The van der Waals surface area contributed by atoms with E-state index in [0.717, 1.165) is 61.7 Å². The highest BCUT2D eigenvalue weighted by Gasteiger charge is 2.27. The maximum atomic E-state index is 14.2. The highest BCUT2D eigenvalue weighted by Crippen LogP contribution is 2.32. The van der Waals surface area contributed by atoms with Crippen LogP contribution >= 0.6 is 0 Å². The van der Waals surface area contributed by atoms with Gasteiger partial charge in [-0.3, -0.25) is 9.44 Å². The third-order valence-electron chi connectivity index (χ3n) is 4.70. The number of sulfonamides is 2. The summed E-state index contributed by atoms with van der Waals surface area (Å²) in [6.45, 7) is 0. The molecule has 0 amide bonds. The van der Waals surface area contributed by atoms with E-state index in [1.165, 1.54) is 0 Å². The van der Waals surface area contributed by atoms with Crippen molar-refractivity contribution in [3.8, 4) is 5.75 Å². The molecule has 0 aliphatic heterocycles. The van der Waals surface area contributed by atoms with Crippen molar-refractivity contribution in [1.82, 2.24) is 0 Å². The first kappa shape index (κ1) is 26.4. The van der Waals surface area contributed by atoms with Crippen molar-refractivity contribution in [2.24, 2.45) is 0 Å². The van der Waals surface area contributed by atoms with E-state index in [4.69, 9.17) is 4.74 Å². The van der Waals surface area contributed by atoms with Gasteiger partial charge in [-0.1, -0.05) is 12.1 Å². The number of methoxy groups -OCH3 is 1. The Bertz CT molecular complexity index is 1590. The van der Waals surface area contributed by atoms with E-state index in [0.29, 0.717) is 0 Å². The van der Waals surface area contributed by atoms with Gasteiger partial charge in [0.25, 0.3) is 20.0 Å². The van der Waals surface area contributed by atoms with Gasteiger partial charge in [-0.05, 0) is 36.4 Å². The number of nitrogens with one attached hydrogen (secondary N) is 2. The number of carbonyl (C=O) groups is 2. The fourth-order valence-electron chi connectivity index (χ4n) is 3.03. The Morgan fingerprint density at radius 2 is 1.25 bits per heavy atom. The lowest BCUT2D eigenvalue weighted by molar-refractivity contribution is 0.0686. The van der Waals surface area contributed by atoms with Gasteiger partial charge < -0.3 is 14.9 Å². The predicted octanol–water partition coefficient (Wildman–Crippen LogP) is 2.97. The maximum Gasteiger partial charge on any atom is 0.337 e. The smallest absolute Gasteiger partial charge is 0.337 e. The molecule has 0 saturated carbocycles. The number of halogens is 2. The van der Waals surface area contributed by atoms with Crippen molar-refractivity contribution in [2.75, 3.05) is 16.6 Å². The summed E-state index contributed by atoms with van der Waals surface area (Å²) < 4.78 is 88.4. The maximum absolute atomic E-state index is 14.2. The monoisotopic (exact) mass is 542 g/mol. The van der Waals surface area contributed by atoms with E-state index >= 15 is 0 Å². The molecule has 15 heteroatoms. The van der Waals surface area contributed by atoms with Crippen LogP contribution in [0.25, 0.3) is 0 Å². The van der Waals surface area contributed by atoms with E-state index in [1.54, 1.807) is 0 Å². The van der Waals surface area contributed by atoms with E-state index in [2.05, 4.69) is 0 Å². The lowest BCUT2D eigenvalue weighted by Gasteiger charge is -2.16. The highest BCUT2D eigenvalue weighted by atomic mass is 32.2. The van der Waals surface area contributed by atoms with Gasteiger partial charge in [0.2, 0.25) is 0 Å². The van der Waals surface area contributed by atoms with Crippen molar-refractivity contribution >= 4 is 43.4 Å². The topological polar surface area (TPSA) is 176 Å². The first-order valence-corrected chi connectivity index (χ1v) is 12.5. The third kappa shape index (κ3) is 5.21. The minimum atomic E-state index is -4.71. The minimum Gasteiger partial charge on any atom is -0.495 e. The van der Waals surface area contributed by atoms with Gasteiger partial charge in [0.15, 0.2) is 0 Å². The van der Waals surface area contributed by atoms with E-state index in [9.17, 15) is 45.4 Å². The van der Waals surface area contributed by atoms with Gasteiger partial charge in [-0.2, -0.15) is 0 Å². The Morgan fingerprint density at radius 1 is 0.778 bits per heavy atom. The molecule has 0 spiro atoms. The molecule has 190 valence electrons. The van der Waals surface area contributed by atoms with E-state index in [1.807, 2.05) is 9.44 Å². The molecule has 0 heterocycles. The van der Waals surface area contributed by atoms with Crippen molar-refractivity contribution in [3.05, 3.63) is 77.4 Å². The number of aromatic carboxylic acids is 2. The molecule has 0 fully saturated rings. The van der Waals surface area contributed by atoms with Crippen LogP contribution in [0.2, 0.25) is 0 Å². The Balaban J connectivity index is 2.04. The van der Waals surface area contributed by atoms with Crippen molar-refractivity contribution < 1.29 is 50.2 Å². The van der Waals surface area contributed by atoms with Crippen LogP contribution in [0.5, 0.6) is 5.75 Å². The number of anilines is 2. The average Bonchev–Trinajstić information content (AvgIpc) is 2.80. The van der Waals surface area contributed by atoms with Gasteiger partial charge >= 0.3 is 11.9 Å². The molecule has 0 radical (unpaired) electrons. The van der Waals surface area contributed by atoms with Gasteiger partial charge in [0.1, 0.15) is 22.3 Å². The zero-order valence-corrected chi connectivity index (χ0v) is 19.7. The minimum absolute atomic E-state index is 0.550. The molecule has 0 bridgehead atoms. The molecule has 0 saturated heterocycles. The third-order valence-corrected chi connectivity index (χ3v) is 7.43. The second kappa shape index (κ2) is 9.79. The summed E-state index contributed by atoms with van der Waals surface area (Å²) in [7, 11) is -8.36. The summed E-state index contributed by atoms with van der Waals surface area (Å²) in [6.07, 6.45) is 0. The van der Waals surface area contributed by atoms with Crippen LogP contribution in [0.3, 0.4) is 0 Å². The van der Waals surface area contributed by atoms with E-state index < -0.39 is 81.7 Å². The van der Waals surface area contributed by atoms with Crippen LogP contribution in [-0.2, 0) is 20.0 Å². The summed E-state index contributed by atoms with van der Waals surface area (Å²) in [6, 6.07) is 8.05. The Hall–Kier alpha value is -4.24. The van der Waals surface area contributed by atoms with Gasteiger partial charge in [0, 0.05) is 6.07 Å². The standard InChI is InChI=1S/C21H16F2N2O9S2/c1-34-16-10-11(35(30,31)24-18-12(20(26)27)4-2-6-14(18)22)8-9-17(16)36(32,33)25-19-13(21(28)29)5-3-7-15(19)23/h2-10,24-25H,1H3,(H,26,27)(H,28,29). The zero-order valence-electron chi connectivity index (χ0n) is 18.0. The van der Waals surface area contributed by atoms with Gasteiger partial charge in [0.05, 0.1) is 34.5 Å². The largest absolute Gasteiger partial charge is 0.495 e. The number of para-hydroxylation sites is 2. The Morgan fingerprint density at radius 3 is 1.69 bits per heavy atom. The lowest BCUT2D eigenvalue weighted by Crippen LogP contribution is -2.19. The molecular formula is C21H16F2N2O9S2. The number of benzene rings is 3. The number of carboxylic acid groups (broad SMARTS) is 2. The van der Waals surface area contributed by atoms with Crippen LogP contribution in [0.15, 0.2) is 64.4 Å². The second-order valence-electron chi connectivity index (χ2n) is 6.96. The van der Waals surface area contributed by atoms with E-state index in [-0.39, 0.29) is 0 Å². The molecule has 36 heavy (non-hydrogen) atoms. The van der Waals surface area contributed by atoms with Crippen LogP contribution < -0.4 is 14.2 Å². The average molecular weight is 542 g/mol. The van der Waals surface area contributed by atoms with Crippen LogP contribution in [-0.4, -0.2) is 46.1 Å². The summed E-state index contributed by atoms with van der Waals surface area (Å²) in [4.78, 5) is 21.4. The summed E-state index contributed by atoms with van der Waals surface area (Å²) >= 11 is 0. The molecule has 3 aromatic rings. The number of ether oxygens (including phenoxy) is 1. The van der Waals surface area contributed by atoms with Crippen molar-refractivity contribution in [2.45, 2.75) is 9.79 Å². The summed E-state index contributed by atoms with van der Waals surface area (Å²) in [5.41, 5.74) is -3.05. The fourth-order valence-corrected chi connectivity index (χ4v) is 5.38. The Labute approximate surface area is 203 Å².